The third-order valence-corrected chi connectivity index (χ3v) is 9.07. The second-order valence-electron chi connectivity index (χ2n) is 6.86. The summed E-state index contributed by atoms with van der Waals surface area (Å²) in [4.78, 5) is 0. The molecule has 0 unspecified atom stereocenters. The third kappa shape index (κ3) is 5.02. The van der Waals surface area contributed by atoms with Crippen LogP contribution in [0.4, 0.5) is 0 Å². The molecule has 0 N–H and O–H groups in total. The molecule has 0 aromatic carbocycles. The predicted molar refractivity (Wildman–Crippen MR) is 73.1 cm³/mol. The molecule has 2 heteroatoms. The quantitative estimate of drug-likeness (QED) is 0.460. The predicted octanol–water partition coefficient (Wildman–Crippen LogP) is 4.38. The number of hydrogen-bond acceptors (Lipinski definition) is 0. The normalized spacial score (nSPS) is 13.4. The standard InChI is InChI=1S/C12H26Si2/c1-12(2,3)14(7,8)11-9-10-13(4,5)6/h11H2,1-8H3. The lowest BCUT2D eigenvalue weighted by Gasteiger charge is -2.35. The average Bonchev–Trinajstić information content (AvgIpc) is 1.80. The van der Waals surface area contributed by atoms with Gasteiger partial charge in [-0.05, 0) is 5.04 Å². The molecular formula is C12H26Si2. The highest BCUT2D eigenvalue weighted by Crippen LogP contribution is 2.38. The fraction of sp³-hybridized carbons (Fsp3) is 0.833. The molecule has 0 aliphatic heterocycles. The first-order valence-corrected chi connectivity index (χ1v) is 12.2. The summed E-state index contributed by atoms with van der Waals surface area (Å²) >= 11 is 0. The van der Waals surface area contributed by atoms with E-state index in [1.807, 2.05) is 0 Å². The van der Waals surface area contributed by atoms with E-state index in [-0.39, 0.29) is 0 Å². The summed E-state index contributed by atoms with van der Waals surface area (Å²) < 4.78 is 0. The van der Waals surface area contributed by atoms with Crippen LogP contribution in [0.2, 0.25) is 43.8 Å². The molecule has 14 heavy (non-hydrogen) atoms. The van der Waals surface area contributed by atoms with E-state index in [4.69, 9.17) is 0 Å². The Hall–Kier alpha value is -0.00623. The van der Waals surface area contributed by atoms with Gasteiger partial charge in [-0.3, -0.25) is 0 Å². The van der Waals surface area contributed by atoms with Crippen LogP contribution in [0.1, 0.15) is 20.8 Å². The molecule has 0 bridgehead atoms. The molecule has 0 aliphatic rings. The maximum absolute atomic E-state index is 3.47. The van der Waals surface area contributed by atoms with E-state index in [1.165, 1.54) is 0 Å². The molecule has 0 fully saturated rings. The first-order chi connectivity index (χ1) is 5.96. The Labute approximate surface area is 92.5 Å². The first kappa shape index (κ1) is 14.0. The summed E-state index contributed by atoms with van der Waals surface area (Å²) in [6, 6.07) is 1.15. The van der Waals surface area contributed by atoms with Crippen molar-refractivity contribution in [1.29, 1.82) is 0 Å². The van der Waals surface area contributed by atoms with Crippen LogP contribution in [-0.2, 0) is 0 Å². The van der Waals surface area contributed by atoms with E-state index in [9.17, 15) is 0 Å². The van der Waals surface area contributed by atoms with Crippen molar-refractivity contribution in [1.82, 2.24) is 0 Å². The lowest BCUT2D eigenvalue weighted by molar-refractivity contribution is 0.720. The van der Waals surface area contributed by atoms with E-state index in [0.717, 1.165) is 6.04 Å². The van der Waals surface area contributed by atoms with E-state index in [1.54, 1.807) is 0 Å². The highest BCUT2D eigenvalue weighted by atomic mass is 28.3. The molecule has 0 saturated heterocycles. The molecule has 0 rings (SSSR count). The van der Waals surface area contributed by atoms with Gasteiger partial charge in [-0.15, -0.1) is 11.5 Å². The highest BCUT2D eigenvalue weighted by molar-refractivity contribution is 6.84. The van der Waals surface area contributed by atoms with Crippen LogP contribution in [0.5, 0.6) is 0 Å². The second-order valence-corrected chi connectivity index (χ2v) is 17.2. The minimum Gasteiger partial charge on any atom is -0.132 e. The van der Waals surface area contributed by atoms with Crippen molar-refractivity contribution >= 4 is 16.1 Å². The Bertz CT molecular complexity index is 240. The third-order valence-electron chi connectivity index (χ3n) is 3.02. The zero-order chi connectivity index (χ0) is 11.6. The maximum atomic E-state index is 3.47. The lowest BCUT2D eigenvalue weighted by Crippen LogP contribution is -2.36. The zero-order valence-corrected chi connectivity index (χ0v) is 13.2. The van der Waals surface area contributed by atoms with Crippen molar-refractivity contribution in [2.45, 2.75) is 64.6 Å². The molecule has 0 aromatic heterocycles. The average molecular weight is 227 g/mol. The fourth-order valence-corrected chi connectivity index (χ4v) is 2.65. The van der Waals surface area contributed by atoms with Gasteiger partial charge >= 0.3 is 0 Å². The summed E-state index contributed by atoms with van der Waals surface area (Å²) in [5, 5.41) is 0.473. The number of hydrogen-bond donors (Lipinski definition) is 0. The van der Waals surface area contributed by atoms with Gasteiger partial charge in [0.1, 0.15) is 8.07 Å². The molecule has 0 heterocycles. The summed E-state index contributed by atoms with van der Waals surface area (Å²) in [7, 11) is -2.31. The Kier molecular flexibility index (Phi) is 4.24. The number of rotatable bonds is 1. The smallest absolute Gasteiger partial charge is 0.129 e. The Morgan fingerprint density at radius 3 is 1.64 bits per heavy atom. The van der Waals surface area contributed by atoms with E-state index in [0.29, 0.717) is 5.04 Å². The molecule has 0 aromatic rings. The van der Waals surface area contributed by atoms with Crippen molar-refractivity contribution in [3.8, 4) is 11.5 Å². The largest absolute Gasteiger partial charge is 0.132 e. The topological polar surface area (TPSA) is 0 Å². The minimum absolute atomic E-state index is 0.473. The SMILES string of the molecule is CC(C)(C)[Si](C)(C)CC#C[Si](C)(C)C. The van der Waals surface area contributed by atoms with Crippen molar-refractivity contribution in [2.24, 2.45) is 0 Å². The van der Waals surface area contributed by atoms with Gasteiger partial charge in [0.2, 0.25) is 0 Å². The Balaban J connectivity index is 4.46. The maximum Gasteiger partial charge on any atom is 0.129 e. The van der Waals surface area contributed by atoms with Crippen LogP contribution in [-0.4, -0.2) is 16.1 Å². The molecule has 0 saturated carbocycles. The monoisotopic (exact) mass is 226 g/mol. The van der Waals surface area contributed by atoms with Gasteiger partial charge in [-0.25, -0.2) is 0 Å². The van der Waals surface area contributed by atoms with E-state index < -0.39 is 16.1 Å². The van der Waals surface area contributed by atoms with Gasteiger partial charge in [0.05, 0.1) is 8.07 Å². The molecule has 0 atom stereocenters. The van der Waals surface area contributed by atoms with Crippen LogP contribution in [0.3, 0.4) is 0 Å². The summed E-state index contributed by atoms with van der Waals surface area (Å²) in [6.07, 6.45) is 0. The van der Waals surface area contributed by atoms with E-state index in [2.05, 4.69) is 65.0 Å². The van der Waals surface area contributed by atoms with Crippen molar-refractivity contribution in [3.05, 3.63) is 0 Å². The van der Waals surface area contributed by atoms with E-state index >= 15 is 0 Å². The molecular weight excluding hydrogens is 200 g/mol. The zero-order valence-electron chi connectivity index (χ0n) is 11.2. The van der Waals surface area contributed by atoms with Crippen LogP contribution < -0.4 is 0 Å². The second kappa shape index (κ2) is 4.24. The van der Waals surface area contributed by atoms with Crippen molar-refractivity contribution in [3.63, 3.8) is 0 Å². The van der Waals surface area contributed by atoms with Gasteiger partial charge in [0.25, 0.3) is 0 Å². The van der Waals surface area contributed by atoms with Crippen LogP contribution in [0.25, 0.3) is 0 Å². The van der Waals surface area contributed by atoms with Crippen LogP contribution in [0, 0.1) is 11.5 Å². The van der Waals surface area contributed by atoms with Gasteiger partial charge in [0.15, 0.2) is 0 Å². The van der Waals surface area contributed by atoms with Gasteiger partial charge in [-0.1, -0.05) is 53.5 Å². The fourth-order valence-electron chi connectivity index (χ4n) is 0.795. The molecule has 0 radical (unpaired) electrons. The van der Waals surface area contributed by atoms with Crippen LogP contribution in [0.15, 0.2) is 0 Å². The Morgan fingerprint density at radius 1 is 0.929 bits per heavy atom. The lowest BCUT2D eigenvalue weighted by atomic mass is 10.2. The molecule has 0 nitrogen and oxygen atoms in total. The summed E-state index contributed by atoms with van der Waals surface area (Å²) in [6.45, 7) is 18.9. The first-order valence-electron chi connectivity index (χ1n) is 5.46. The Morgan fingerprint density at radius 2 is 1.36 bits per heavy atom. The van der Waals surface area contributed by atoms with Gasteiger partial charge in [-0.2, -0.15) is 0 Å². The van der Waals surface area contributed by atoms with Crippen LogP contribution >= 0.6 is 0 Å². The van der Waals surface area contributed by atoms with Crippen molar-refractivity contribution < 1.29 is 0 Å². The van der Waals surface area contributed by atoms with Gasteiger partial charge in [0, 0.05) is 6.04 Å². The highest BCUT2D eigenvalue weighted by Gasteiger charge is 2.33. The molecule has 0 amide bonds. The molecule has 0 spiro atoms. The minimum atomic E-state index is -1.16. The summed E-state index contributed by atoms with van der Waals surface area (Å²) in [5.74, 6) is 3.45. The van der Waals surface area contributed by atoms with Gasteiger partial charge < -0.3 is 0 Å². The molecule has 0 aliphatic carbocycles. The summed E-state index contributed by atoms with van der Waals surface area (Å²) in [5.41, 5.74) is 3.47. The van der Waals surface area contributed by atoms with Crippen molar-refractivity contribution in [2.75, 3.05) is 0 Å². The molecule has 82 valence electrons.